The van der Waals surface area contributed by atoms with Crippen LogP contribution in [0.15, 0.2) is 53.8 Å². The van der Waals surface area contributed by atoms with Crippen molar-refractivity contribution in [2.75, 3.05) is 13.3 Å². The number of fused-ring (bicyclic) bond motifs is 2. The Bertz CT molecular complexity index is 917. The summed E-state index contributed by atoms with van der Waals surface area (Å²) in [4.78, 5) is 0. The molecule has 0 spiro atoms. The molecule has 0 aromatic heterocycles. The maximum absolute atomic E-state index is 12.8. The third kappa shape index (κ3) is 6.16. The van der Waals surface area contributed by atoms with E-state index in [-0.39, 0.29) is 0 Å². The van der Waals surface area contributed by atoms with Crippen molar-refractivity contribution in [2.24, 2.45) is 47.3 Å². The van der Waals surface area contributed by atoms with Gasteiger partial charge in [0.15, 0.2) is 0 Å². The summed E-state index contributed by atoms with van der Waals surface area (Å²) in [6.07, 6.45) is 31.1. The molecule has 0 aliphatic heterocycles. The van der Waals surface area contributed by atoms with Crippen molar-refractivity contribution in [1.29, 1.82) is 0 Å². The second-order valence-electron chi connectivity index (χ2n) is 12.9. The average molecular weight is 509 g/mol. The highest BCUT2D eigenvalue weighted by atomic mass is 31.2. The molecular weight excluding hydrogens is 455 g/mol. The topological polar surface area (TPSA) is 17.1 Å². The van der Waals surface area contributed by atoms with Crippen molar-refractivity contribution in [2.45, 2.75) is 97.1 Å². The first-order valence-corrected chi connectivity index (χ1v) is 18.1. The number of rotatable bonds is 11. The van der Waals surface area contributed by atoms with Crippen LogP contribution in [0.3, 0.4) is 0 Å². The molecule has 0 aromatic rings. The van der Waals surface area contributed by atoms with Crippen molar-refractivity contribution in [3.63, 3.8) is 0 Å². The molecule has 4 aliphatic carbocycles. The van der Waals surface area contributed by atoms with Crippen molar-refractivity contribution in [3.05, 3.63) is 53.8 Å². The molecule has 2 heteroatoms. The Morgan fingerprint density at radius 1 is 0.889 bits per heavy atom. The van der Waals surface area contributed by atoms with Gasteiger partial charge < -0.3 is 4.57 Å². The fourth-order valence-corrected chi connectivity index (χ4v) is 10.1. The van der Waals surface area contributed by atoms with E-state index in [1.165, 1.54) is 57.8 Å². The molecule has 0 bridgehead atoms. The molecule has 7 atom stereocenters. The summed E-state index contributed by atoms with van der Waals surface area (Å²) in [5.74, 6) is 5.49. The van der Waals surface area contributed by atoms with Gasteiger partial charge in [-0.2, -0.15) is 0 Å². The van der Waals surface area contributed by atoms with Gasteiger partial charge in [-0.1, -0.05) is 95.8 Å². The van der Waals surface area contributed by atoms with E-state index >= 15 is 0 Å². The lowest BCUT2D eigenvalue weighted by atomic mass is 9.52. The second kappa shape index (κ2) is 12.7. The van der Waals surface area contributed by atoms with Crippen molar-refractivity contribution >= 4 is 7.14 Å². The number of hydrogen-bond donors (Lipinski definition) is 0. The third-order valence-electron chi connectivity index (χ3n) is 10.5. The molecule has 7 unspecified atom stereocenters. The molecule has 0 radical (unpaired) electrons. The van der Waals surface area contributed by atoms with E-state index in [1.807, 2.05) is 13.3 Å². The van der Waals surface area contributed by atoms with Crippen LogP contribution < -0.4 is 0 Å². The van der Waals surface area contributed by atoms with Crippen LogP contribution in [0.25, 0.3) is 0 Å². The van der Waals surface area contributed by atoms with Gasteiger partial charge >= 0.3 is 0 Å². The second-order valence-corrected chi connectivity index (χ2v) is 16.5. The highest BCUT2D eigenvalue weighted by molar-refractivity contribution is 7.63. The van der Waals surface area contributed by atoms with Crippen LogP contribution in [-0.2, 0) is 4.57 Å². The van der Waals surface area contributed by atoms with Gasteiger partial charge in [-0.25, -0.2) is 0 Å². The number of hydrogen-bond acceptors (Lipinski definition) is 1. The van der Waals surface area contributed by atoms with E-state index in [0.717, 1.165) is 24.7 Å². The Morgan fingerprint density at radius 2 is 1.61 bits per heavy atom. The van der Waals surface area contributed by atoms with Gasteiger partial charge in [0.25, 0.3) is 0 Å². The van der Waals surface area contributed by atoms with E-state index in [4.69, 9.17) is 0 Å². The SMILES string of the molecule is CCCCC(CC)C(CCC)CC1C2C=CC=C=C2C(C2CCC(P(C)(C)=O)CC2)C2C=CC=CC21. The lowest BCUT2D eigenvalue weighted by Gasteiger charge is -2.52. The van der Waals surface area contributed by atoms with Crippen LogP contribution >= 0.6 is 7.14 Å². The summed E-state index contributed by atoms with van der Waals surface area (Å²) in [6.45, 7) is 11.2. The van der Waals surface area contributed by atoms with E-state index < -0.39 is 7.14 Å². The van der Waals surface area contributed by atoms with E-state index in [0.29, 0.717) is 41.2 Å². The quantitative estimate of drug-likeness (QED) is 0.200. The predicted octanol–water partition coefficient (Wildman–Crippen LogP) is 10.1. The average Bonchev–Trinajstić information content (AvgIpc) is 2.88. The zero-order chi connectivity index (χ0) is 25.7. The van der Waals surface area contributed by atoms with Crippen molar-refractivity contribution < 1.29 is 4.57 Å². The Labute approximate surface area is 223 Å². The van der Waals surface area contributed by atoms with Crippen molar-refractivity contribution in [1.82, 2.24) is 0 Å². The largest absolute Gasteiger partial charge is 0.324 e. The van der Waals surface area contributed by atoms with Gasteiger partial charge in [0.2, 0.25) is 0 Å². The monoisotopic (exact) mass is 508 g/mol. The maximum Gasteiger partial charge on any atom is 0.0848 e. The Kier molecular flexibility index (Phi) is 9.86. The number of allylic oxidation sites excluding steroid dienone is 7. The molecule has 200 valence electrons. The first kappa shape index (κ1) is 28.0. The summed E-state index contributed by atoms with van der Waals surface area (Å²) in [5.41, 5.74) is 5.90. The van der Waals surface area contributed by atoms with Crippen LogP contribution in [0.5, 0.6) is 0 Å². The highest BCUT2D eigenvalue weighted by Gasteiger charge is 2.49. The molecule has 4 rings (SSSR count). The van der Waals surface area contributed by atoms with Crippen LogP contribution in [-0.4, -0.2) is 19.0 Å². The van der Waals surface area contributed by atoms with E-state index in [1.54, 1.807) is 5.57 Å². The zero-order valence-electron chi connectivity index (χ0n) is 23.9. The summed E-state index contributed by atoms with van der Waals surface area (Å²) >= 11 is 0. The summed E-state index contributed by atoms with van der Waals surface area (Å²) in [5, 5.41) is 0. The lowest BCUT2D eigenvalue weighted by molar-refractivity contribution is 0.0854. The molecule has 0 aromatic carbocycles. The Hall–Kier alpha value is -1.03. The maximum atomic E-state index is 12.8. The summed E-state index contributed by atoms with van der Waals surface area (Å²) in [6, 6.07) is 0. The third-order valence-corrected chi connectivity index (χ3v) is 12.7. The molecule has 1 nitrogen and oxygen atoms in total. The minimum atomic E-state index is -1.98. The zero-order valence-corrected chi connectivity index (χ0v) is 24.8. The minimum Gasteiger partial charge on any atom is -0.324 e. The molecule has 0 heterocycles. The fourth-order valence-electron chi connectivity index (χ4n) is 8.55. The molecule has 2 fully saturated rings. The smallest absolute Gasteiger partial charge is 0.0848 e. The molecule has 2 saturated carbocycles. The predicted molar refractivity (Wildman–Crippen MR) is 158 cm³/mol. The molecular formula is C34H53OP. The van der Waals surface area contributed by atoms with Crippen molar-refractivity contribution in [3.8, 4) is 0 Å². The molecule has 36 heavy (non-hydrogen) atoms. The molecule has 4 aliphatic rings. The summed E-state index contributed by atoms with van der Waals surface area (Å²) in [7, 11) is -1.98. The minimum absolute atomic E-state index is 0.443. The Morgan fingerprint density at radius 3 is 2.25 bits per heavy atom. The van der Waals surface area contributed by atoms with Gasteiger partial charge in [-0.15, -0.1) is 5.73 Å². The van der Waals surface area contributed by atoms with Gasteiger partial charge in [-0.3, -0.25) is 0 Å². The Balaban J connectivity index is 1.61. The van der Waals surface area contributed by atoms with Gasteiger partial charge in [0.1, 0.15) is 0 Å². The molecule has 0 saturated heterocycles. The van der Waals surface area contributed by atoms with Gasteiger partial charge in [0.05, 0.1) is 7.14 Å². The molecule has 0 N–H and O–H groups in total. The van der Waals surface area contributed by atoms with E-state index in [2.05, 4.69) is 69.0 Å². The van der Waals surface area contributed by atoms with Gasteiger partial charge in [0, 0.05) is 11.6 Å². The van der Waals surface area contributed by atoms with Crippen LogP contribution in [0.4, 0.5) is 0 Å². The lowest BCUT2D eigenvalue weighted by Crippen LogP contribution is -2.45. The van der Waals surface area contributed by atoms with Crippen LogP contribution in [0, 0.1) is 47.3 Å². The molecule has 0 amide bonds. The highest BCUT2D eigenvalue weighted by Crippen LogP contribution is 2.58. The van der Waals surface area contributed by atoms with E-state index in [9.17, 15) is 4.57 Å². The first-order chi connectivity index (χ1) is 17.4. The number of unbranched alkanes of at least 4 members (excludes halogenated alkanes) is 1. The normalized spacial score (nSPS) is 35.1. The van der Waals surface area contributed by atoms with Crippen LogP contribution in [0.1, 0.15) is 91.4 Å². The van der Waals surface area contributed by atoms with Gasteiger partial charge in [-0.05, 0) is 98.5 Å². The fraction of sp³-hybridized carbons (Fsp3) is 0.735. The van der Waals surface area contributed by atoms with Crippen LogP contribution in [0.2, 0.25) is 0 Å². The standard InChI is InChI=1S/C34H53OP/c1-6-9-15-25(8-3)27(14-7-2)24-33-29-16-10-12-18-31(29)34(32-19-13-11-17-30(32)33)26-20-22-28(23-21-26)36(4,5)35/h10-13,16-18,25-31,33-34H,6-9,14-15,20-24H2,1-5H3. The summed E-state index contributed by atoms with van der Waals surface area (Å²) < 4.78 is 12.8. The first-order valence-electron chi connectivity index (χ1n) is 15.4.